The summed E-state index contributed by atoms with van der Waals surface area (Å²) < 4.78 is 29.4. The third-order valence-corrected chi connectivity index (χ3v) is 5.83. The molecule has 6 heteroatoms. The van der Waals surface area contributed by atoms with Crippen molar-refractivity contribution < 1.29 is 18.4 Å². The summed E-state index contributed by atoms with van der Waals surface area (Å²) in [4.78, 5) is 2.46. The van der Waals surface area contributed by atoms with E-state index in [9.17, 15) is 4.39 Å². The van der Waals surface area contributed by atoms with Gasteiger partial charge in [0.05, 0.1) is 19.4 Å². The van der Waals surface area contributed by atoms with Gasteiger partial charge in [0, 0.05) is 18.0 Å². The molecule has 0 bridgehead atoms. The quantitative estimate of drug-likeness (QED) is 0.441. The first-order valence-corrected chi connectivity index (χ1v) is 11.1. The molecule has 0 spiro atoms. The van der Waals surface area contributed by atoms with Crippen LogP contribution in [-0.2, 0) is 6.42 Å². The number of rotatable bonds is 11. The lowest BCUT2D eigenvalue weighted by Crippen LogP contribution is -2.34. The molecule has 0 radical (unpaired) electrons. The maximum absolute atomic E-state index is 12.6. The van der Waals surface area contributed by atoms with Gasteiger partial charge in [-0.2, -0.15) is 0 Å². The number of halogens is 1. The van der Waals surface area contributed by atoms with Gasteiger partial charge in [0.15, 0.2) is 17.3 Å². The normalized spacial score (nSPS) is 15.5. The molecule has 1 aliphatic rings. The van der Waals surface area contributed by atoms with Gasteiger partial charge in [-0.05, 0) is 62.5 Å². The number of hydrogen-bond acceptors (Lipinski definition) is 5. The standard InChI is InChI=1S/C25H33FN2O3/c1-4-19-9-10-23(24(18-19)29-3)30-17-7-14-28-15-11-20(12-16-28)25-21(8-6-13-26)22(5-2)31-27-25/h5-6,8-10,18,20H,2,4,7,11-17H2,1,3H3/b8-6-. The van der Waals surface area contributed by atoms with Crippen LogP contribution in [0, 0.1) is 0 Å². The molecule has 2 aromatic rings. The van der Waals surface area contributed by atoms with Crippen molar-refractivity contribution in [1.82, 2.24) is 10.1 Å². The number of ether oxygens (including phenoxy) is 2. The molecule has 0 unspecified atom stereocenters. The van der Waals surface area contributed by atoms with Crippen LogP contribution in [0.5, 0.6) is 11.5 Å². The number of benzene rings is 1. The zero-order chi connectivity index (χ0) is 22.1. The van der Waals surface area contributed by atoms with Crippen molar-refractivity contribution >= 4 is 12.2 Å². The Morgan fingerprint density at radius 3 is 2.77 bits per heavy atom. The maximum atomic E-state index is 12.6. The zero-order valence-electron chi connectivity index (χ0n) is 18.6. The minimum Gasteiger partial charge on any atom is -0.493 e. The minimum absolute atomic E-state index is 0.325. The van der Waals surface area contributed by atoms with Crippen molar-refractivity contribution in [2.75, 3.05) is 40.0 Å². The Labute approximate surface area is 184 Å². The Kier molecular flexibility index (Phi) is 8.71. The maximum Gasteiger partial charge on any atom is 0.166 e. The molecule has 2 heterocycles. The van der Waals surface area contributed by atoms with Crippen LogP contribution in [0.3, 0.4) is 0 Å². The van der Waals surface area contributed by atoms with Crippen LogP contribution in [0.25, 0.3) is 12.2 Å². The molecule has 5 nitrogen and oxygen atoms in total. The van der Waals surface area contributed by atoms with Gasteiger partial charge in [-0.3, -0.25) is 0 Å². The first kappa shape index (κ1) is 23.1. The molecule has 1 aromatic carbocycles. The number of piperidine rings is 1. The molecule has 1 aliphatic heterocycles. The van der Waals surface area contributed by atoms with E-state index >= 15 is 0 Å². The van der Waals surface area contributed by atoms with Crippen molar-refractivity contribution in [3.63, 3.8) is 0 Å². The summed E-state index contributed by atoms with van der Waals surface area (Å²) in [6.07, 6.45) is 8.83. The minimum atomic E-state index is -0.504. The van der Waals surface area contributed by atoms with E-state index in [0.717, 1.165) is 68.1 Å². The Balaban J connectivity index is 1.46. The van der Waals surface area contributed by atoms with Crippen LogP contribution in [0.1, 0.15) is 54.7 Å². The Bertz CT molecular complexity index is 870. The molecular formula is C25H33FN2O3. The topological polar surface area (TPSA) is 47.7 Å². The fourth-order valence-corrected chi connectivity index (χ4v) is 4.05. The van der Waals surface area contributed by atoms with Crippen molar-refractivity contribution in [3.05, 3.63) is 53.4 Å². The summed E-state index contributed by atoms with van der Waals surface area (Å²) in [5, 5.41) is 4.26. The van der Waals surface area contributed by atoms with Gasteiger partial charge in [-0.1, -0.05) is 36.9 Å². The van der Waals surface area contributed by atoms with E-state index in [1.807, 2.05) is 12.1 Å². The summed E-state index contributed by atoms with van der Waals surface area (Å²) in [5.41, 5.74) is 3.02. The fraction of sp³-hybridized carbons (Fsp3) is 0.480. The largest absolute Gasteiger partial charge is 0.493 e. The smallest absolute Gasteiger partial charge is 0.166 e. The van der Waals surface area contributed by atoms with Gasteiger partial charge in [-0.15, -0.1) is 0 Å². The summed E-state index contributed by atoms with van der Waals surface area (Å²) in [6.45, 7) is 9.04. The Hall–Kier alpha value is -2.60. The highest BCUT2D eigenvalue weighted by atomic mass is 19.1. The number of likely N-dealkylation sites (tertiary alicyclic amines) is 1. The molecule has 168 valence electrons. The molecule has 3 rings (SSSR count). The predicted octanol–water partition coefficient (Wildman–Crippen LogP) is 5.52. The van der Waals surface area contributed by atoms with Crippen molar-refractivity contribution in [3.8, 4) is 11.5 Å². The molecule has 1 aromatic heterocycles. The first-order chi connectivity index (χ1) is 15.2. The summed E-state index contributed by atoms with van der Waals surface area (Å²) in [5.74, 6) is 2.54. The van der Waals surface area contributed by atoms with Crippen LogP contribution in [0.15, 0.2) is 35.4 Å². The highest BCUT2D eigenvalue weighted by Crippen LogP contribution is 2.32. The van der Waals surface area contributed by atoms with Gasteiger partial charge in [0.1, 0.15) is 6.67 Å². The molecule has 0 amide bonds. The number of allylic oxidation sites excluding steroid dienone is 1. The summed E-state index contributed by atoms with van der Waals surface area (Å²) in [7, 11) is 1.68. The van der Waals surface area contributed by atoms with Crippen molar-refractivity contribution in [1.29, 1.82) is 0 Å². The van der Waals surface area contributed by atoms with E-state index in [2.05, 4.69) is 29.6 Å². The van der Waals surface area contributed by atoms with Gasteiger partial charge in [0.2, 0.25) is 0 Å². The zero-order valence-corrected chi connectivity index (χ0v) is 18.6. The molecule has 0 aliphatic carbocycles. The van der Waals surface area contributed by atoms with E-state index in [1.165, 1.54) is 11.6 Å². The third-order valence-electron chi connectivity index (χ3n) is 5.83. The molecular weight excluding hydrogens is 395 g/mol. The molecule has 0 saturated carbocycles. The third kappa shape index (κ3) is 5.97. The van der Waals surface area contributed by atoms with E-state index in [0.29, 0.717) is 18.3 Å². The van der Waals surface area contributed by atoms with Gasteiger partial charge in [-0.25, -0.2) is 4.39 Å². The second-order valence-electron chi connectivity index (χ2n) is 7.76. The summed E-state index contributed by atoms with van der Waals surface area (Å²) >= 11 is 0. The number of alkyl halides is 1. The van der Waals surface area contributed by atoms with Crippen molar-refractivity contribution in [2.24, 2.45) is 0 Å². The summed E-state index contributed by atoms with van der Waals surface area (Å²) in [6, 6.07) is 6.12. The lowest BCUT2D eigenvalue weighted by atomic mass is 9.90. The number of aryl methyl sites for hydroxylation is 1. The van der Waals surface area contributed by atoms with Gasteiger partial charge < -0.3 is 18.9 Å². The number of hydrogen-bond donors (Lipinski definition) is 0. The highest BCUT2D eigenvalue weighted by Gasteiger charge is 2.26. The van der Waals surface area contributed by atoms with E-state index in [4.69, 9.17) is 14.0 Å². The van der Waals surface area contributed by atoms with Crippen LogP contribution in [0.2, 0.25) is 0 Å². The number of methoxy groups -OCH3 is 1. The first-order valence-electron chi connectivity index (χ1n) is 11.1. The molecule has 31 heavy (non-hydrogen) atoms. The molecule has 0 N–H and O–H groups in total. The molecule has 1 saturated heterocycles. The monoisotopic (exact) mass is 428 g/mol. The van der Waals surface area contributed by atoms with Crippen LogP contribution >= 0.6 is 0 Å². The van der Waals surface area contributed by atoms with Crippen LogP contribution < -0.4 is 9.47 Å². The SMILES string of the molecule is C=Cc1onc(C2CCN(CCCOc3ccc(CC)cc3OC)CC2)c1/C=C\CF. The van der Waals surface area contributed by atoms with Gasteiger partial charge >= 0.3 is 0 Å². The van der Waals surface area contributed by atoms with E-state index in [1.54, 1.807) is 19.3 Å². The van der Waals surface area contributed by atoms with Crippen molar-refractivity contribution in [2.45, 2.75) is 38.5 Å². The van der Waals surface area contributed by atoms with Gasteiger partial charge in [0.25, 0.3) is 0 Å². The van der Waals surface area contributed by atoms with Crippen LogP contribution in [-0.4, -0.2) is 50.1 Å². The predicted molar refractivity (Wildman–Crippen MR) is 123 cm³/mol. The fourth-order valence-electron chi connectivity index (χ4n) is 4.05. The Morgan fingerprint density at radius 2 is 2.10 bits per heavy atom. The number of aromatic nitrogens is 1. The van der Waals surface area contributed by atoms with E-state index < -0.39 is 6.67 Å². The number of nitrogens with zero attached hydrogens (tertiary/aromatic N) is 2. The molecule has 0 atom stereocenters. The highest BCUT2D eigenvalue weighted by molar-refractivity contribution is 5.63. The average Bonchev–Trinajstić information content (AvgIpc) is 3.23. The Morgan fingerprint density at radius 1 is 1.29 bits per heavy atom. The van der Waals surface area contributed by atoms with Crippen LogP contribution in [0.4, 0.5) is 4.39 Å². The van der Waals surface area contributed by atoms with E-state index in [-0.39, 0.29) is 0 Å². The lowest BCUT2D eigenvalue weighted by molar-refractivity contribution is 0.189. The second kappa shape index (κ2) is 11.7. The second-order valence-corrected chi connectivity index (χ2v) is 7.76. The molecule has 1 fully saturated rings. The average molecular weight is 429 g/mol. The lowest BCUT2D eigenvalue weighted by Gasteiger charge is -2.31.